The van der Waals surface area contributed by atoms with E-state index in [0.717, 1.165) is 36.8 Å². The molecule has 0 radical (unpaired) electrons. The van der Waals surface area contributed by atoms with Crippen LogP contribution >= 0.6 is 0 Å². The molecule has 0 fully saturated rings. The van der Waals surface area contributed by atoms with Gasteiger partial charge in [0, 0.05) is 17.8 Å². The number of hydrogen-bond donors (Lipinski definition) is 2. The molecule has 2 aromatic rings. The van der Waals surface area contributed by atoms with Crippen LogP contribution in [0.4, 0.5) is 0 Å². The first-order valence-electron chi connectivity index (χ1n) is 10.0. The molecule has 4 rings (SSSR count). The van der Waals surface area contributed by atoms with E-state index >= 15 is 0 Å². The molecule has 0 heterocycles. The summed E-state index contributed by atoms with van der Waals surface area (Å²) in [7, 11) is 0. The second kappa shape index (κ2) is 7.69. The molecule has 2 aliphatic rings. The summed E-state index contributed by atoms with van der Waals surface area (Å²) in [5.41, 5.74) is 15.8. The van der Waals surface area contributed by atoms with Crippen LogP contribution in [0.25, 0.3) is 5.57 Å². The molecular weight excluding hydrogens is 342 g/mol. The minimum atomic E-state index is 0.140. The van der Waals surface area contributed by atoms with E-state index in [2.05, 4.69) is 61.3 Å². The molecular formula is C25H27N3. The summed E-state index contributed by atoms with van der Waals surface area (Å²) in [4.78, 5) is 4.43. The summed E-state index contributed by atoms with van der Waals surface area (Å²) >= 11 is 0. The maximum atomic E-state index is 8.36. The average Bonchev–Trinajstić information content (AvgIpc) is 3.07. The average molecular weight is 370 g/mol. The first-order chi connectivity index (χ1) is 13.5. The largest absolute Gasteiger partial charge is 0.324 e. The van der Waals surface area contributed by atoms with Crippen LogP contribution < -0.4 is 5.73 Å². The molecule has 3 heteroatoms. The van der Waals surface area contributed by atoms with Crippen LogP contribution in [0.3, 0.4) is 0 Å². The number of nitrogens with two attached hydrogens (primary N) is 1. The van der Waals surface area contributed by atoms with Crippen molar-refractivity contribution < 1.29 is 0 Å². The molecule has 1 atom stereocenters. The van der Waals surface area contributed by atoms with E-state index in [9.17, 15) is 0 Å². The molecule has 0 bridgehead atoms. The Labute approximate surface area is 167 Å². The van der Waals surface area contributed by atoms with Gasteiger partial charge in [-0.3, -0.25) is 5.41 Å². The summed E-state index contributed by atoms with van der Waals surface area (Å²) in [6.45, 7) is 4.32. The van der Waals surface area contributed by atoms with Crippen molar-refractivity contribution in [3.8, 4) is 0 Å². The molecule has 2 aromatic carbocycles. The van der Waals surface area contributed by atoms with Crippen molar-refractivity contribution in [2.24, 2.45) is 10.7 Å². The zero-order chi connectivity index (χ0) is 19.7. The molecule has 142 valence electrons. The van der Waals surface area contributed by atoms with Crippen LogP contribution in [0, 0.1) is 19.3 Å². The van der Waals surface area contributed by atoms with Crippen LogP contribution in [0.5, 0.6) is 0 Å². The second-order valence-corrected chi connectivity index (χ2v) is 7.85. The Balaban J connectivity index is 1.56. The van der Waals surface area contributed by atoms with Gasteiger partial charge >= 0.3 is 0 Å². The van der Waals surface area contributed by atoms with E-state index in [4.69, 9.17) is 11.1 Å². The maximum Gasteiger partial charge on any atom is 0.151 e. The lowest BCUT2D eigenvalue weighted by atomic mass is 9.89. The lowest BCUT2D eigenvalue weighted by Gasteiger charge is -2.16. The third-order valence-corrected chi connectivity index (χ3v) is 5.77. The summed E-state index contributed by atoms with van der Waals surface area (Å²) < 4.78 is 0. The van der Waals surface area contributed by atoms with Gasteiger partial charge in [0.1, 0.15) is 0 Å². The van der Waals surface area contributed by atoms with E-state index in [1.54, 1.807) is 6.21 Å². The zero-order valence-electron chi connectivity index (χ0n) is 16.6. The van der Waals surface area contributed by atoms with E-state index in [1.165, 1.54) is 33.4 Å². The summed E-state index contributed by atoms with van der Waals surface area (Å²) in [5, 5.41) is 8.36. The van der Waals surface area contributed by atoms with Crippen molar-refractivity contribution in [1.29, 1.82) is 5.41 Å². The van der Waals surface area contributed by atoms with Crippen molar-refractivity contribution in [2.75, 3.05) is 0 Å². The molecule has 3 N–H and O–H groups in total. The molecule has 0 saturated carbocycles. The zero-order valence-corrected chi connectivity index (χ0v) is 16.6. The van der Waals surface area contributed by atoms with Crippen LogP contribution in [0.1, 0.15) is 64.2 Å². The Morgan fingerprint density at radius 1 is 1.14 bits per heavy atom. The number of hydrogen-bond acceptors (Lipinski definition) is 2. The number of benzene rings is 2. The molecule has 0 aliphatic heterocycles. The highest BCUT2D eigenvalue weighted by Crippen LogP contribution is 2.31. The number of aliphatic imine (C=N–C) groups is 1. The molecule has 0 amide bonds. The topological polar surface area (TPSA) is 62.2 Å². The molecule has 28 heavy (non-hydrogen) atoms. The lowest BCUT2D eigenvalue weighted by molar-refractivity contribution is 0.713. The Bertz CT molecular complexity index is 1000. The Morgan fingerprint density at radius 3 is 2.64 bits per heavy atom. The fraction of sp³-hybridized carbons (Fsp3) is 0.280. The van der Waals surface area contributed by atoms with Crippen molar-refractivity contribution in [2.45, 2.75) is 45.6 Å². The highest BCUT2D eigenvalue weighted by Gasteiger charge is 2.19. The van der Waals surface area contributed by atoms with E-state index in [1.807, 2.05) is 6.07 Å². The molecule has 0 saturated heterocycles. The van der Waals surface area contributed by atoms with Gasteiger partial charge in [-0.15, -0.1) is 0 Å². The van der Waals surface area contributed by atoms with Gasteiger partial charge < -0.3 is 5.73 Å². The molecule has 3 nitrogen and oxygen atoms in total. The lowest BCUT2D eigenvalue weighted by Crippen LogP contribution is -2.05. The molecule has 0 spiro atoms. The summed E-state index contributed by atoms with van der Waals surface area (Å²) in [5.74, 6) is 0.294. The van der Waals surface area contributed by atoms with E-state index in [-0.39, 0.29) is 6.04 Å². The van der Waals surface area contributed by atoms with Crippen molar-refractivity contribution in [3.63, 3.8) is 0 Å². The third-order valence-electron chi connectivity index (χ3n) is 5.77. The number of rotatable bonds is 3. The van der Waals surface area contributed by atoms with Crippen LogP contribution in [-0.4, -0.2) is 12.1 Å². The van der Waals surface area contributed by atoms with Crippen molar-refractivity contribution in [1.82, 2.24) is 0 Å². The van der Waals surface area contributed by atoms with Gasteiger partial charge in [0.2, 0.25) is 0 Å². The van der Waals surface area contributed by atoms with Gasteiger partial charge in [0.15, 0.2) is 5.84 Å². The minimum Gasteiger partial charge on any atom is -0.324 e. The number of aryl methyl sites for hydroxylation is 3. The number of allylic oxidation sites excluding steroid dienone is 4. The predicted octanol–water partition coefficient (Wildman–Crippen LogP) is 5.43. The number of amidine groups is 1. The SMILES string of the molecule is Cc1cc(C=NC(=N)c2ccc3c(c2)CCC3N)cc(C)c1C1=CC=CCC1. The highest BCUT2D eigenvalue weighted by atomic mass is 14.8. The van der Waals surface area contributed by atoms with Crippen LogP contribution in [-0.2, 0) is 6.42 Å². The molecule has 1 unspecified atom stereocenters. The Morgan fingerprint density at radius 2 is 1.93 bits per heavy atom. The van der Waals surface area contributed by atoms with E-state index in [0.29, 0.717) is 5.84 Å². The van der Waals surface area contributed by atoms with Crippen LogP contribution in [0.15, 0.2) is 53.6 Å². The fourth-order valence-electron chi connectivity index (χ4n) is 4.40. The summed E-state index contributed by atoms with van der Waals surface area (Å²) in [6, 6.07) is 10.6. The summed E-state index contributed by atoms with van der Waals surface area (Å²) in [6.07, 6.45) is 12.6. The van der Waals surface area contributed by atoms with E-state index < -0.39 is 0 Å². The predicted molar refractivity (Wildman–Crippen MR) is 118 cm³/mol. The number of nitrogens with zero attached hydrogens (tertiary/aromatic N) is 1. The normalized spacial score (nSPS) is 18.4. The van der Waals surface area contributed by atoms with Crippen molar-refractivity contribution >= 4 is 17.6 Å². The number of fused-ring (bicyclic) bond motifs is 1. The standard InChI is InChI=1S/C25H27N3/c1-16-12-18(13-17(2)24(16)19-6-4-3-5-7-19)15-28-25(27)21-8-10-22-20(14-21)9-11-23(22)26/h3-4,6,8,10,12-15,23,27H,5,7,9,11,26H2,1-2H3. The molecule has 0 aromatic heterocycles. The smallest absolute Gasteiger partial charge is 0.151 e. The second-order valence-electron chi connectivity index (χ2n) is 7.85. The van der Waals surface area contributed by atoms with Gasteiger partial charge in [-0.1, -0.05) is 30.4 Å². The van der Waals surface area contributed by atoms with Crippen molar-refractivity contribution in [3.05, 3.63) is 87.5 Å². The Hall–Kier alpha value is -2.78. The highest BCUT2D eigenvalue weighted by molar-refractivity contribution is 6.03. The van der Waals surface area contributed by atoms with Gasteiger partial charge in [-0.05, 0) is 96.7 Å². The quantitative estimate of drug-likeness (QED) is 0.550. The monoisotopic (exact) mass is 369 g/mol. The minimum absolute atomic E-state index is 0.140. The fourth-order valence-corrected chi connectivity index (χ4v) is 4.40. The first-order valence-corrected chi connectivity index (χ1v) is 10.0. The van der Waals surface area contributed by atoms with Crippen LogP contribution in [0.2, 0.25) is 0 Å². The maximum absolute atomic E-state index is 8.36. The van der Waals surface area contributed by atoms with Gasteiger partial charge in [0.05, 0.1) is 0 Å². The third kappa shape index (κ3) is 3.63. The molecule has 2 aliphatic carbocycles. The number of nitrogens with one attached hydrogen (secondary N) is 1. The Kier molecular flexibility index (Phi) is 5.10. The van der Waals surface area contributed by atoms with Gasteiger partial charge in [-0.2, -0.15) is 0 Å². The first kappa shape index (κ1) is 18.6. The van der Waals surface area contributed by atoms with Gasteiger partial charge in [0.25, 0.3) is 0 Å². The van der Waals surface area contributed by atoms with Gasteiger partial charge in [-0.25, -0.2) is 4.99 Å².